The minimum atomic E-state index is 0. The molecule has 0 aromatic heterocycles. The largest absolute Gasteiger partial charge is 1.00 e. The molecule has 2 nitrogen and oxygen atoms in total. The van der Waals surface area contributed by atoms with Crippen LogP contribution in [0.3, 0.4) is 0 Å². The molecule has 2 aromatic carbocycles. The number of likely N-dealkylation sites (tertiary alicyclic amines) is 1. The average Bonchev–Trinajstić information content (AvgIpc) is 2.70. The number of quaternary nitrogens is 1. The van der Waals surface area contributed by atoms with Crippen molar-refractivity contribution in [2.24, 2.45) is 5.92 Å². The lowest BCUT2D eigenvalue weighted by Gasteiger charge is -2.43. The molecule has 0 radical (unpaired) electrons. The number of halogens is 1. The third-order valence-corrected chi connectivity index (χ3v) is 5.94. The van der Waals surface area contributed by atoms with Crippen molar-refractivity contribution in [1.82, 2.24) is 0 Å². The van der Waals surface area contributed by atoms with Crippen LogP contribution in [0.2, 0.25) is 0 Å². The Hall–Kier alpha value is -1.16. The zero-order chi connectivity index (χ0) is 17.5. The Morgan fingerprint density at radius 1 is 0.923 bits per heavy atom. The first kappa shape index (κ1) is 21.1. The molecule has 26 heavy (non-hydrogen) atoms. The van der Waals surface area contributed by atoms with E-state index in [1.54, 1.807) is 0 Å². The van der Waals surface area contributed by atoms with Crippen LogP contribution in [0.15, 0.2) is 60.7 Å². The molecule has 0 saturated carbocycles. The highest BCUT2D eigenvalue weighted by Gasteiger charge is 2.32. The quantitative estimate of drug-likeness (QED) is 0.626. The summed E-state index contributed by atoms with van der Waals surface area (Å²) in [6.07, 6.45) is 2.67. The summed E-state index contributed by atoms with van der Waals surface area (Å²) >= 11 is 0. The van der Waals surface area contributed by atoms with Crippen LogP contribution in [0.5, 0.6) is 0 Å². The van der Waals surface area contributed by atoms with Crippen molar-refractivity contribution in [3.05, 3.63) is 71.8 Å². The summed E-state index contributed by atoms with van der Waals surface area (Å²) in [6, 6.07) is 21.3. The molecule has 1 unspecified atom stereocenters. The van der Waals surface area contributed by atoms with Crippen LogP contribution in [0.4, 0.5) is 0 Å². The molecule has 142 valence electrons. The third-order valence-electron chi connectivity index (χ3n) is 5.94. The maximum absolute atomic E-state index is 6.53. The van der Waals surface area contributed by atoms with Crippen molar-refractivity contribution >= 4 is 0 Å². The van der Waals surface area contributed by atoms with Gasteiger partial charge in [-0.1, -0.05) is 60.7 Å². The van der Waals surface area contributed by atoms with Gasteiger partial charge in [0.2, 0.25) is 0 Å². The van der Waals surface area contributed by atoms with Gasteiger partial charge in [-0.3, -0.25) is 0 Å². The van der Waals surface area contributed by atoms with E-state index in [1.165, 1.54) is 54.6 Å². The summed E-state index contributed by atoms with van der Waals surface area (Å²) in [7, 11) is 0. The van der Waals surface area contributed by atoms with Gasteiger partial charge in [0, 0.05) is 5.92 Å². The number of piperidine rings is 1. The molecule has 1 aliphatic heterocycles. The Bertz CT molecular complexity index is 588. The highest BCUT2D eigenvalue weighted by atomic mass is 79.9. The number of rotatable bonds is 7. The molecule has 2 aromatic rings. The first-order valence-electron chi connectivity index (χ1n) is 9.83. The number of hydrogen-bond donors (Lipinski definition) is 0. The average molecular weight is 418 g/mol. The standard InChI is InChI=1S/C23H32NO.BrH/c1-3-24(4-2)17-11-12-20(18-24)19-25-23(21-13-7-5-8-14-21)22-15-9-6-10-16-22;/h5-10,13-16,20,23H,3-4,11-12,17-19H2,1-2H3;1H/q+1;/p-1. The molecule has 1 atom stereocenters. The van der Waals surface area contributed by atoms with Crippen LogP contribution in [0.1, 0.15) is 43.9 Å². The topological polar surface area (TPSA) is 9.23 Å². The van der Waals surface area contributed by atoms with Crippen molar-refractivity contribution < 1.29 is 26.2 Å². The van der Waals surface area contributed by atoms with E-state index in [1.807, 2.05) is 0 Å². The summed E-state index contributed by atoms with van der Waals surface area (Å²) in [5.41, 5.74) is 2.49. The van der Waals surface area contributed by atoms with Gasteiger partial charge in [-0.05, 0) is 37.8 Å². The van der Waals surface area contributed by atoms with Crippen molar-refractivity contribution in [1.29, 1.82) is 0 Å². The zero-order valence-electron chi connectivity index (χ0n) is 16.1. The van der Waals surface area contributed by atoms with E-state index in [4.69, 9.17) is 4.74 Å². The molecule has 1 fully saturated rings. The number of nitrogens with zero attached hydrogens (tertiary/aromatic N) is 1. The first-order valence-corrected chi connectivity index (χ1v) is 9.83. The second-order valence-electron chi connectivity index (χ2n) is 7.42. The van der Waals surface area contributed by atoms with Gasteiger partial charge in [0.15, 0.2) is 0 Å². The molecule has 3 rings (SSSR count). The fourth-order valence-electron chi connectivity index (χ4n) is 4.25. The van der Waals surface area contributed by atoms with Crippen molar-refractivity contribution in [3.63, 3.8) is 0 Å². The highest BCUT2D eigenvalue weighted by Crippen LogP contribution is 2.29. The molecule has 0 amide bonds. The number of benzene rings is 2. The fraction of sp³-hybridized carbons (Fsp3) is 0.478. The molecule has 0 spiro atoms. The normalized spacial score (nSPS) is 19.1. The predicted molar refractivity (Wildman–Crippen MR) is 104 cm³/mol. The van der Waals surface area contributed by atoms with Crippen LogP contribution in [-0.2, 0) is 4.74 Å². The lowest BCUT2D eigenvalue weighted by Crippen LogP contribution is -3.00. The van der Waals surface area contributed by atoms with Gasteiger partial charge in [-0.25, -0.2) is 0 Å². The molecule has 1 aliphatic rings. The second kappa shape index (κ2) is 10.2. The summed E-state index contributed by atoms with van der Waals surface area (Å²) in [4.78, 5) is 0. The Labute approximate surface area is 169 Å². The summed E-state index contributed by atoms with van der Waals surface area (Å²) in [5.74, 6) is 0.670. The van der Waals surface area contributed by atoms with Crippen LogP contribution >= 0.6 is 0 Å². The van der Waals surface area contributed by atoms with Crippen LogP contribution in [0, 0.1) is 5.92 Å². The molecule has 1 saturated heterocycles. The van der Waals surface area contributed by atoms with Gasteiger partial charge in [0.05, 0.1) is 32.8 Å². The van der Waals surface area contributed by atoms with Gasteiger partial charge in [0.1, 0.15) is 6.10 Å². The van der Waals surface area contributed by atoms with Crippen molar-refractivity contribution in [2.75, 3.05) is 32.8 Å². The van der Waals surface area contributed by atoms with Gasteiger partial charge in [0.25, 0.3) is 0 Å². The molecule has 3 heteroatoms. The summed E-state index contributed by atoms with van der Waals surface area (Å²) in [5, 5.41) is 0. The molecule has 0 aliphatic carbocycles. The Morgan fingerprint density at radius 2 is 1.46 bits per heavy atom. The maximum Gasteiger partial charge on any atom is 0.108 e. The van der Waals surface area contributed by atoms with E-state index < -0.39 is 0 Å². The van der Waals surface area contributed by atoms with E-state index in [9.17, 15) is 0 Å². The molecule has 0 N–H and O–H groups in total. The minimum absolute atomic E-state index is 0. The number of hydrogen-bond acceptors (Lipinski definition) is 1. The van der Waals surface area contributed by atoms with E-state index in [0.717, 1.165) is 6.61 Å². The monoisotopic (exact) mass is 417 g/mol. The van der Waals surface area contributed by atoms with Gasteiger partial charge in [-0.2, -0.15) is 0 Å². The van der Waals surface area contributed by atoms with E-state index in [0.29, 0.717) is 5.92 Å². The summed E-state index contributed by atoms with van der Waals surface area (Å²) < 4.78 is 7.79. The van der Waals surface area contributed by atoms with Gasteiger partial charge < -0.3 is 26.2 Å². The molecule has 0 bridgehead atoms. The van der Waals surface area contributed by atoms with E-state index in [-0.39, 0.29) is 23.1 Å². The Morgan fingerprint density at radius 3 is 1.96 bits per heavy atom. The van der Waals surface area contributed by atoms with Crippen LogP contribution < -0.4 is 17.0 Å². The Kier molecular flexibility index (Phi) is 8.33. The Balaban J connectivity index is 0.00000243. The third kappa shape index (κ3) is 5.18. The number of ether oxygens (including phenoxy) is 1. The maximum atomic E-state index is 6.53. The van der Waals surface area contributed by atoms with Crippen molar-refractivity contribution in [3.8, 4) is 0 Å². The highest BCUT2D eigenvalue weighted by molar-refractivity contribution is 5.29. The molecular weight excluding hydrogens is 386 g/mol. The van der Waals surface area contributed by atoms with Gasteiger partial charge in [-0.15, -0.1) is 0 Å². The van der Waals surface area contributed by atoms with Crippen LogP contribution in [0.25, 0.3) is 0 Å². The van der Waals surface area contributed by atoms with E-state index in [2.05, 4.69) is 74.5 Å². The lowest BCUT2D eigenvalue weighted by molar-refractivity contribution is -0.932. The summed E-state index contributed by atoms with van der Waals surface area (Å²) in [6.45, 7) is 10.6. The second-order valence-corrected chi connectivity index (χ2v) is 7.42. The SMILES string of the molecule is CC[N+]1(CC)CCCC(COC(c2ccccc2)c2ccccc2)C1.[Br-]. The van der Waals surface area contributed by atoms with E-state index >= 15 is 0 Å². The fourth-order valence-corrected chi connectivity index (χ4v) is 4.25. The van der Waals surface area contributed by atoms with Crippen molar-refractivity contribution in [2.45, 2.75) is 32.8 Å². The lowest BCUT2D eigenvalue weighted by atomic mass is 9.95. The minimum Gasteiger partial charge on any atom is -1.00 e. The molecular formula is C23H32BrNO. The molecule has 1 heterocycles. The predicted octanol–water partition coefficient (Wildman–Crippen LogP) is 2.06. The van der Waals surface area contributed by atoms with Gasteiger partial charge >= 0.3 is 0 Å². The smallest absolute Gasteiger partial charge is 0.108 e. The first-order chi connectivity index (χ1) is 12.3. The van der Waals surface area contributed by atoms with Crippen LogP contribution in [-0.4, -0.2) is 37.3 Å². The zero-order valence-corrected chi connectivity index (χ0v) is 17.7.